The number of rotatable bonds is 6. The highest BCUT2D eigenvalue weighted by atomic mass is 19.1. The van der Waals surface area contributed by atoms with Crippen LogP contribution < -0.4 is 5.32 Å². The highest BCUT2D eigenvalue weighted by molar-refractivity contribution is 5.95. The highest BCUT2D eigenvalue weighted by Gasteiger charge is 2.20. The highest BCUT2D eigenvalue weighted by Crippen LogP contribution is 2.24. The number of fused-ring (bicyclic) bond motifs is 1. The molecule has 9 nitrogen and oxygen atoms in total. The van der Waals surface area contributed by atoms with E-state index in [0.29, 0.717) is 11.8 Å². The lowest BCUT2D eigenvalue weighted by atomic mass is 10.1. The van der Waals surface area contributed by atoms with E-state index in [1.165, 1.54) is 12.1 Å². The molecule has 3 rings (SSSR count). The van der Waals surface area contributed by atoms with Gasteiger partial charge in [0, 0.05) is 35.3 Å². The number of non-ortho nitro benzene ring substituents is 2. The van der Waals surface area contributed by atoms with Gasteiger partial charge in [-0.15, -0.1) is 0 Å². The normalized spacial score (nSPS) is 10.8. The number of nitro groups is 2. The maximum atomic E-state index is 13.5. The van der Waals surface area contributed by atoms with Crippen molar-refractivity contribution < 1.29 is 19.0 Å². The molecule has 28 heavy (non-hydrogen) atoms. The molecule has 2 N–H and O–H groups in total. The average Bonchev–Trinajstić information content (AvgIpc) is 2.96. The minimum absolute atomic E-state index is 0.166. The smallest absolute Gasteiger partial charge is 0.277 e. The predicted molar refractivity (Wildman–Crippen MR) is 98.8 cm³/mol. The summed E-state index contributed by atoms with van der Waals surface area (Å²) in [6.45, 7) is 2.00. The van der Waals surface area contributed by atoms with Crippen molar-refractivity contribution in [3.8, 4) is 0 Å². The summed E-state index contributed by atoms with van der Waals surface area (Å²) in [6, 6.07) is 7.13. The van der Waals surface area contributed by atoms with Crippen molar-refractivity contribution in [2.75, 3.05) is 6.54 Å². The number of benzene rings is 2. The Morgan fingerprint density at radius 1 is 1.11 bits per heavy atom. The quantitative estimate of drug-likeness (QED) is 0.495. The van der Waals surface area contributed by atoms with Crippen LogP contribution in [-0.4, -0.2) is 27.3 Å². The van der Waals surface area contributed by atoms with Crippen LogP contribution >= 0.6 is 0 Å². The van der Waals surface area contributed by atoms with E-state index in [-0.39, 0.29) is 17.9 Å². The van der Waals surface area contributed by atoms with Crippen LogP contribution in [0.5, 0.6) is 0 Å². The first-order chi connectivity index (χ1) is 13.3. The van der Waals surface area contributed by atoms with Crippen molar-refractivity contribution >= 4 is 28.2 Å². The van der Waals surface area contributed by atoms with E-state index in [4.69, 9.17) is 0 Å². The first kappa shape index (κ1) is 19.0. The topological polar surface area (TPSA) is 131 Å². The SMILES string of the molecule is Cc1[nH]c2ccc(F)cc2c1CCNC(=O)c1cc([N+](=O)[O-])cc([N+](=O)[O-])c1. The van der Waals surface area contributed by atoms with Crippen LogP contribution in [0.25, 0.3) is 10.9 Å². The third-order valence-corrected chi connectivity index (χ3v) is 4.33. The number of aromatic amines is 1. The van der Waals surface area contributed by atoms with E-state index in [1.54, 1.807) is 6.07 Å². The Morgan fingerprint density at radius 3 is 2.36 bits per heavy atom. The summed E-state index contributed by atoms with van der Waals surface area (Å²) in [4.78, 5) is 35.7. The van der Waals surface area contributed by atoms with Crippen LogP contribution in [0.2, 0.25) is 0 Å². The van der Waals surface area contributed by atoms with Crippen molar-refractivity contribution in [3.05, 3.63) is 79.3 Å². The van der Waals surface area contributed by atoms with Crippen molar-refractivity contribution in [2.45, 2.75) is 13.3 Å². The van der Waals surface area contributed by atoms with E-state index in [1.807, 2.05) is 6.92 Å². The summed E-state index contributed by atoms with van der Waals surface area (Å²) >= 11 is 0. The largest absolute Gasteiger partial charge is 0.358 e. The number of amides is 1. The molecule has 0 unspecified atom stereocenters. The minimum atomic E-state index is -0.798. The third-order valence-electron chi connectivity index (χ3n) is 4.33. The maximum Gasteiger partial charge on any atom is 0.277 e. The second-order valence-corrected chi connectivity index (χ2v) is 6.18. The monoisotopic (exact) mass is 386 g/mol. The second-order valence-electron chi connectivity index (χ2n) is 6.18. The van der Waals surface area contributed by atoms with Crippen molar-refractivity contribution in [3.63, 3.8) is 0 Å². The number of hydrogen-bond donors (Lipinski definition) is 2. The molecule has 0 atom stereocenters. The van der Waals surface area contributed by atoms with Gasteiger partial charge in [0.2, 0.25) is 0 Å². The lowest BCUT2D eigenvalue weighted by Crippen LogP contribution is -2.26. The summed E-state index contributed by atoms with van der Waals surface area (Å²) in [5, 5.41) is 25.1. The molecule has 0 saturated carbocycles. The zero-order valence-corrected chi connectivity index (χ0v) is 14.7. The number of aryl methyl sites for hydroxylation is 1. The summed E-state index contributed by atoms with van der Waals surface area (Å²) in [6.07, 6.45) is 0.387. The van der Waals surface area contributed by atoms with Crippen LogP contribution in [0, 0.1) is 33.0 Å². The Bertz CT molecular complexity index is 1080. The molecule has 0 bridgehead atoms. The molecule has 0 spiro atoms. The number of carbonyl (C=O) groups excluding carboxylic acids is 1. The number of nitrogens with zero attached hydrogens (tertiary/aromatic N) is 2. The molecule has 3 aromatic rings. The molecule has 0 aliphatic rings. The standard InChI is InChI=1S/C18H15FN4O5/c1-10-15(16-8-12(19)2-3-17(16)21-10)4-5-20-18(24)11-6-13(22(25)26)9-14(7-11)23(27)28/h2-3,6-9,21H,4-5H2,1H3,(H,20,24). The van der Waals surface area contributed by atoms with Crippen LogP contribution in [-0.2, 0) is 6.42 Å². The fourth-order valence-electron chi connectivity index (χ4n) is 3.02. The molecule has 0 fully saturated rings. The van der Waals surface area contributed by atoms with Crippen molar-refractivity contribution in [1.29, 1.82) is 0 Å². The first-order valence-electron chi connectivity index (χ1n) is 8.25. The zero-order chi connectivity index (χ0) is 20.4. The van der Waals surface area contributed by atoms with E-state index >= 15 is 0 Å². The van der Waals surface area contributed by atoms with Gasteiger partial charge in [0.15, 0.2) is 0 Å². The number of nitro benzene ring substituents is 2. The number of nitrogens with one attached hydrogen (secondary N) is 2. The molecule has 0 saturated heterocycles. The number of carbonyl (C=O) groups is 1. The van der Waals surface area contributed by atoms with Gasteiger partial charge in [-0.3, -0.25) is 25.0 Å². The molecule has 0 aliphatic heterocycles. The minimum Gasteiger partial charge on any atom is -0.358 e. The summed E-state index contributed by atoms with van der Waals surface area (Å²) in [5.41, 5.74) is 1.18. The number of hydrogen-bond acceptors (Lipinski definition) is 5. The van der Waals surface area contributed by atoms with Gasteiger partial charge in [-0.05, 0) is 37.1 Å². The molecule has 1 aromatic heterocycles. The third kappa shape index (κ3) is 3.80. The van der Waals surface area contributed by atoms with Crippen LogP contribution in [0.1, 0.15) is 21.6 Å². The van der Waals surface area contributed by atoms with Gasteiger partial charge >= 0.3 is 0 Å². The van der Waals surface area contributed by atoms with Crippen LogP contribution in [0.4, 0.5) is 15.8 Å². The average molecular weight is 386 g/mol. The fourth-order valence-corrected chi connectivity index (χ4v) is 3.02. The van der Waals surface area contributed by atoms with Gasteiger partial charge in [-0.2, -0.15) is 0 Å². The van der Waals surface area contributed by atoms with Crippen molar-refractivity contribution in [2.24, 2.45) is 0 Å². The van der Waals surface area contributed by atoms with Crippen LogP contribution in [0.15, 0.2) is 36.4 Å². The Labute approximate surface area is 157 Å². The molecular formula is C18H15FN4O5. The Hall–Kier alpha value is -3.82. The van der Waals surface area contributed by atoms with Gasteiger partial charge in [-0.1, -0.05) is 0 Å². The Morgan fingerprint density at radius 2 is 1.75 bits per heavy atom. The number of halogens is 1. The molecule has 1 amide bonds. The zero-order valence-electron chi connectivity index (χ0n) is 14.7. The van der Waals surface area contributed by atoms with Crippen molar-refractivity contribution in [1.82, 2.24) is 10.3 Å². The lowest BCUT2D eigenvalue weighted by molar-refractivity contribution is -0.394. The lowest BCUT2D eigenvalue weighted by Gasteiger charge is -2.06. The van der Waals surface area contributed by atoms with Crippen LogP contribution in [0.3, 0.4) is 0 Å². The van der Waals surface area contributed by atoms with Gasteiger partial charge in [0.25, 0.3) is 17.3 Å². The molecule has 144 valence electrons. The fraction of sp³-hybridized carbons (Fsp3) is 0.167. The second kappa shape index (κ2) is 7.43. The van der Waals surface area contributed by atoms with Gasteiger partial charge in [0.05, 0.1) is 21.5 Å². The van der Waals surface area contributed by atoms with E-state index in [2.05, 4.69) is 10.3 Å². The predicted octanol–water partition coefficient (Wildman–Crippen LogP) is 3.40. The van der Waals surface area contributed by atoms with Gasteiger partial charge in [0.1, 0.15) is 5.82 Å². The molecule has 1 heterocycles. The molecular weight excluding hydrogens is 371 g/mol. The van der Waals surface area contributed by atoms with E-state index < -0.39 is 27.1 Å². The molecule has 0 aliphatic carbocycles. The molecule has 2 aromatic carbocycles. The molecule has 10 heteroatoms. The maximum absolute atomic E-state index is 13.5. The number of aromatic nitrogens is 1. The first-order valence-corrected chi connectivity index (χ1v) is 8.25. The van der Waals surface area contributed by atoms with Gasteiger partial charge < -0.3 is 10.3 Å². The summed E-state index contributed by atoms with van der Waals surface area (Å²) < 4.78 is 13.5. The van der Waals surface area contributed by atoms with Gasteiger partial charge in [-0.25, -0.2) is 4.39 Å². The molecule has 0 radical (unpaired) electrons. The van der Waals surface area contributed by atoms with E-state index in [9.17, 15) is 29.4 Å². The Kier molecular flexibility index (Phi) is 5.03. The number of H-pyrrole nitrogens is 1. The summed E-state index contributed by atoms with van der Waals surface area (Å²) in [7, 11) is 0. The Balaban J connectivity index is 1.76. The summed E-state index contributed by atoms with van der Waals surface area (Å²) in [5.74, 6) is -1.05. The van der Waals surface area contributed by atoms with E-state index in [0.717, 1.165) is 35.0 Å².